The molecule has 0 radical (unpaired) electrons. The topological polar surface area (TPSA) is 35.6 Å². The molecule has 1 aliphatic heterocycles. The molecule has 2 aliphatic rings. The number of nitrogens with one attached hydrogen (secondary N) is 1. The molecule has 20 heavy (non-hydrogen) atoms. The Balaban J connectivity index is 1.67. The highest BCUT2D eigenvalue weighted by Gasteiger charge is 2.17. The van der Waals surface area contributed by atoms with E-state index in [9.17, 15) is 4.79 Å². The lowest BCUT2D eigenvalue weighted by atomic mass is 10.0. The highest BCUT2D eigenvalue weighted by molar-refractivity contribution is 5.74. The minimum atomic E-state index is 0.102. The quantitative estimate of drug-likeness (QED) is 0.759. The molecule has 2 amide bonds. The van der Waals surface area contributed by atoms with E-state index < -0.39 is 0 Å². The summed E-state index contributed by atoms with van der Waals surface area (Å²) in [4.78, 5) is 16.7. The fourth-order valence-corrected chi connectivity index (χ4v) is 3.08. The van der Waals surface area contributed by atoms with Crippen LogP contribution in [0.5, 0.6) is 0 Å². The van der Waals surface area contributed by atoms with Gasteiger partial charge in [0.25, 0.3) is 0 Å². The molecule has 0 aromatic rings. The van der Waals surface area contributed by atoms with Crippen molar-refractivity contribution < 1.29 is 4.79 Å². The molecule has 0 aromatic carbocycles. The van der Waals surface area contributed by atoms with E-state index in [0.29, 0.717) is 0 Å². The minimum Gasteiger partial charge on any atom is -0.332 e. The van der Waals surface area contributed by atoms with Crippen LogP contribution in [0.3, 0.4) is 0 Å². The van der Waals surface area contributed by atoms with Crippen LogP contribution in [-0.4, -0.2) is 54.6 Å². The second-order valence-electron chi connectivity index (χ2n) is 5.90. The Hall–Kier alpha value is -1.03. The third-order valence-corrected chi connectivity index (χ3v) is 4.33. The molecule has 1 unspecified atom stereocenters. The van der Waals surface area contributed by atoms with Crippen LogP contribution in [0.25, 0.3) is 0 Å². The molecule has 1 heterocycles. The van der Waals surface area contributed by atoms with Crippen molar-refractivity contribution in [3.63, 3.8) is 0 Å². The van der Waals surface area contributed by atoms with E-state index in [4.69, 9.17) is 0 Å². The number of hydrogen-bond donors (Lipinski definition) is 1. The third kappa shape index (κ3) is 4.82. The molecular formula is C16H29N3O. The van der Waals surface area contributed by atoms with E-state index in [2.05, 4.69) is 29.3 Å². The molecule has 0 saturated carbocycles. The summed E-state index contributed by atoms with van der Waals surface area (Å²) < 4.78 is 0. The maximum Gasteiger partial charge on any atom is 0.317 e. The summed E-state index contributed by atoms with van der Waals surface area (Å²) in [5, 5.41) is 3.13. The maximum atomic E-state index is 12.2. The number of nitrogens with zero attached hydrogens (tertiary/aromatic N) is 2. The van der Waals surface area contributed by atoms with Gasteiger partial charge in [-0.15, -0.1) is 0 Å². The average Bonchev–Trinajstić information content (AvgIpc) is 2.98. The molecule has 1 N–H and O–H groups in total. The highest BCUT2D eigenvalue weighted by Crippen LogP contribution is 2.11. The van der Waals surface area contributed by atoms with Crippen molar-refractivity contribution in [3.8, 4) is 0 Å². The summed E-state index contributed by atoms with van der Waals surface area (Å²) in [5.41, 5.74) is 0. The number of rotatable bonds is 6. The minimum absolute atomic E-state index is 0.102. The van der Waals surface area contributed by atoms with Gasteiger partial charge in [-0.25, -0.2) is 4.79 Å². The van der Waals surface area contributed by atoms with Crippen LogP contribution >= 0.6 is 0 Å². The first-order chi connectivity index (χ1) is 9.79. The first-order valence-corrected chi connectivity index (χ1v) is 8.24. The van der Waals surface area contributed by atoms with Crippen LogP contribution in [0.2, 0.25) is 0 Å². The van der Waals surface area contributed by atoms with E-state index in [1.807, 2.05) is 4.90 Å². The SMILES string of the molecule is CCN(CCCN1CCCC1)C(=O)NC1C=CCCC1. The zero-order valence-electron chi connectivity index (χ0n) is 12.8. The lowest BCUT2D eigenvalue weighted by Crippen LogP contribution is -2.45. The Labute approximate surface area is 123 Å². The monoisotopic (exact) mass is 279 g/mol. The second-order valence-corrected chi connectivity index (χ2v) is 5.90. The zero-order chi connectivity index (χ0) is 14.2. The summed E-state index contributed by atoms with van der Waals surface area (Å²) >= 11 is 0. The fraction of sp³-hybridized carbons (Fsp3) is 0.812. The number of urea groups is 1. The first kappa shape index (κ1) is 15.4. The molecule has 0 aromatic heterocycles. The molecule has 114 valence electrons. The fourth-order valence-electron chi connectivity index (χ4n) is 3.08. The van der Waals surface area contributed by atoms with Gasteiger partial charge < -0.3 is 15.1 Å². The predicted molar refractivity (Wildman–Crippen MR) is 82.8 cm³/mol. The van der Waals surface area contributed by atoms with E-state index in [-0.39, 0.29) is 12.1 Å². The van der Waals surface area contributed by atoms with Gasteiger partial charge in [0.05, 0.1) is 0 Å². The molecule has 4 nitrogen and oxygen atoms in total. The van der Waals surface area contributed by atoms with Crippen LogP contribution < -0.4 is 5.32 Å². The van der Waals surface area contributed by atoms with E-state index in [1.54, 1.807) is 0 Å². The van der Waals surface area contributed by atoms with Gasteiger partial charge in [-0.2, -0.15) is 0 Å². The zero-order valence-corrected chi connectivity index (χ0v) is 12.8. The molecule has 1 aliphatic carbocycles. The van der Waals surface area contributed by atoms with Crippen molar-refractivity contribution in [1.29, 1.82) is 0 Å². The van der Waals surface area contributed by atoms with E-state index in [1.165, 1.54) is 32.4 Å². The number of amides is 2. The number of allylic oxidation sites excluding steroid dienone is 1. The molecule has 2 rings (SSSR count). The van der Waals surface area contributed by atoms with E-state index >= 15 is 0 Å². The molecule has 0 spiro atoms. The van der Waals surface area contributed by atoms with Crippen molar-refractivity contribution in [2.75, 3.05) is 32.7 Å². The van der Waals surface area contributed by atoms with Crippen LogP contribution in [-0.2, 0) is 0 Å². The van der Waals surface area contributed by atoms with E-state index in [0.717, 1.165) is 38.9 Å². The van der Waals surface area contributed by atoms with Gasteiger partial charge >= 0.3 is 6.03 Å². The first-order valence-electron chi connectivity index (χ1n) is 8.24. The Bertz CT molecular complexity index is 324. The molecule has 1 atom stereocenters. The number of carbonyl (C=O) groups is 1. The predicted octanol–water partition coefficient (Wildman–Crippen LogP) is 2.61. The third-order valence-electron chi connectivity index (χ3n) is 4.33. The van der Waals surface area contributed by atoms with Crippen LogP contribution in [0.4, 0.5) is 4.79 Å². The number of hydrogen-bond acceptors (Lipinski definition) is 2. The molecule has 1 saturated heterocycles. The van der Waals surface area contributed by atoms with Gasteiger partial charge in [-0.05, 0) is 65.1 Å². The van der Waals surface area contributed by atoms with Crippen molar-refractivity contribution >= 4 is 6.03 Å². The summed E-state index contributed by atoms with van der Waals surface area (Å²) in [6, 6.07) is 0.342. The van der Waals surface area contributed by atoms with Crippen LogP contribution in [0, 0.1) is 0 Å². The Morgan fingerprint density at radius 1 is 1.35 bits per heavy atom. The van der Waals surface area contributed by atoms with Crippen molar-refractivity contribution in [3.05, 3.63) is 12.2 Å². The van der Waals surface area contributed by atoms with Crippen molar-refractivity contribution in [2.45, 2.75) is 51.5 Å². The normalized spacial score (nSPS) is 22.9. The van der Waals surface area contributed by atoms with Crippen LogP contribution in [0.1, 0.15) is 45.4 Å². The number of carbonyl (C=O) groups excluding carboxylic acids is 1. The standard InChI is InChI=1S/C16H29N3O/c1-2-19(14-8-13-18-11-6-7-12-18)16(20)17-15-9-4-3-5-10-15/h4,9,15H,2-3,5-8,10-14H2,1H3,(H,17,20). The van der Waals surface area contributed by atoms with Gasteiger partial charge in [0.2, 0.25) is 0 Å². The van der Waals surface area contributed by atoms with Gasteiger partial charge in [-0.1, -0.05) is 12.2 Å². The molecule has 1 fully saturated rings. The second kappa shape index (κ2) is 8.30. The van der Waals surface area contributed by atoms with Gasteiger partial charge in [0, 0.05) is 19.1 Å². The Kier molecular flexibility index (Phi) is 6.37. The largest absolute Gasteiger partial charge is 0.332 e. The molecular weight excluding hydrogens is 250 g/mol. The molecule has 4 heteroatoms. The maximum absolute atomic E-state index is 12.2. The van der Waals surface area contributed by atoms with Crippen molar-refractivity contribution in [2.24, 2.45) is 0 Å². The smallest absolute Gasteiger partial charge is 0.317 e. The average molecular weight is 279 g/mol. The summed E-state index contributed by atoms with van der Waals surface area (Å²) in [6.45, 7) is 7.34. The summed E-state index contributed by atoms with van der Waals surface area (Å²) in [5.74, 6) is 0. The van der Waals surface area contributed by atoms with Gasteiger partial charge in [-0.3, -0.25) is 0 Å². The van der Waals surface area contributed by atoms with Crippen molar-refractivity contribution in [1.82, 2.24) is 15.1 Å². The Morgan fingerprint density at radius 2 is 2.15 bits per heavy atom. The Morgan fingerprint density at radius 3 is 2.80 bits per heavy atom. The van der Waals surface area contributed by atoms with Gasteiger partial charge in [0.1, 0.15) is 0 Å². The summed E-state index contributed by atoms with van der Waals surface area (Å²) in [6.07, 6.45) is 11.5. The lowest BCUT2D eigenvalue weighted by Gasteiger charge is -2.26. The van der Waals surface area contributed by atoms with Gasteiger partial charge in [0.15, 0.2) is 0 Å². The summed E-state index contributed by atoms with van der Waals surface area (Å²) in [7, 11) is 0. The number of likely N-dealkylation sites (tertiary alicyclic amines) is 1. The highest BCUT2D eigenvalue weighted by atomic mass is 16.2. The molecule has 0 bridgehead atoms. The lowest BCUT2D eigenvalue weighted by molar-refractivity contribution is 0.193. The van der Waals surface area contributed by atoms with Crippen LogP contribution in [0.15, 0.2) is 12.2 Å².